The van der Waals surface area contributed by atoms with Crippen LogP contribution in [0.4, 0.5) is 5.69 Å². The molecule has 1 heterocycles. The van der Waals surface area contributed by atoms with Crippen molar-refractivity contribution < 1.29 is 32.0 Å². The van der Waals surface area contributed by atoms with Gasteiger partial charge in [0, 0.05) is 5.69 Å². The molecule has 1 aromatic heterocycles. The number of esters is 1. The van der Waals surface area contributed by atoms with Crippen LogP contribution in [-0.4, -0.2) is 38.9 Å². The Hall–Kier alpha value is -3.18. The minimum absolute atomic E-state index is 0.0382. The fourth-order valence-electron chi connectivity index (χ4n) is 2.53. The number of nitrogens with one attached hydrogen (secondary N) is 2. The molecule has 0 saturated carbocycles. The molecule has 2 rings (SSSR count). The fourth-order valence-corrected chi connectivity index (χ4v) is 3.33. The normalized spacial score (nSPS) is 12.3. The van der Waals surface area contributed by atoms with Crippen molar-refractivity contribution in [1.29, 1.82) is 0 Å². The van der Waals surface area contributed by atoms with Crippen molar-refractivity contribution in [2.75, 3.05) is 11.9 Å². The van der Waals surface area contributed by atoms with E-state index in [1.54, 1.807) is 20.8 Å². The number of hydrogen-bond donors (Lipinski definition) is 3. The highest BCUT2D eigenvalue weighted by Crippen LogP contribution is 2.19. The van der Waals surface area contributed by atoms with Gasteiger partial charge < -0.3 is 19.8 Å². The van der Waals surface area contributed by atoms with E-state index in [2.05, 4.69) is 10.6 Å². The lowest BCUT2D eigenvalue weighted by molar-refractivity contribution is -0.150. The number of amides is 2. The summed E-state index contributed by atoms with van der Waals surface area (Å²) in [5, 5.41) is 10.1. The third-order valence-electron chi connectivity index (χ3n) is 4.08. The number of primary sulfonamides is 1. The van der Waals surface area contributed by atoms with Crippen molar-refractivity contribution in [3.8, 4) is 0 Å². The van der Waals surface area contributed by atoms with E-state index in [1.807, 2.05) is 0 Å². The Kier molecular flexibility index (Phi) is 7.35. The second-order valence-electron chi connectivity index (χ2n) is 6.85. The molecule has 0 unspecified atom stereocenters. The number of sulfonamides is 1. The zero-order chi connectivity index (χ0) is 22.5. The zero-order valence-electron chi connectivity index (χ0n) is 16.7. The number of carbonyl (C=O) groups is 3. The molecule has 10 nitrogen and oxygen atoms in total. The molecule has 1 atom stereocenters. The molecule has 2 aromatic rings. The van der Waals surface area contributed by atoms with Crippen LogP contribution in [0.5, 0.6) is 0 Å². The monoisotopic (exact) mass is 437 g/mol. The number of rotatable bonds is 8. The highest BCUT2D eigenvalue weighted by Gasteiger charge is 2.27. The first-order valence-electron chi connectivity index (χ1n) is 8.93. The van der Waals surface area contributed by atoms with Crippen molar-refractivity contribution in [2.24, 2.45) is 11.1 Å². The Morgan fingerprint density at radius 3 is 2.47 bits per heavy atom. The van der Waals surface area contributed by atoms with Gasteiger partial charge in [-0.05, 0) is 42.7 Å². The number of hydrogen-bond acceptors (Lipinski definition) is 7. The molecular weight excluding hydrogens is 414 g/mol. The van der Waals surface area contributed by atoms with Crippen LogP contribution >= 0.6 is 0 Å². The van der Waals surface area contributed by atoms with Crippen LogP contribution in [-0.2, 0) is 24.3 Å². The van der Waals surface area contributed by atoms with E-state index >= 15 is 0 Å². The summed E-state index contributed by atoms with van der Waals surface area (Å²) in [6.07, 6.45) is 1.33. The highest BCUT2D eigenvalue weighted by atomic mass is 32.2. The molecule has 0 saturated heterocycles. The minimum atomic E-state index is -3.95. The number of furan rings is 1. The van der Waals surface area contributed by atoms with E-state index in [4.69, 9.17) is 14.3 Å². The van der Waals surface area contributed by atoms with Gasteiger partial charge in [-0.15, -0.1) is 0 Å². The third-order valence-corrected chi connectivity index (χ3v) is 5.13. The summed E-state index contributed by atoms with van der Waals surface area (Å²) in [6.45, 7) is 4.35. The number of carbonyl (C=O) groups excluding carboxylic acids is 3. The summed E-state index contributed by atoms with van der Waals surface area (Å²) in [5.41, 5.74) is 0.603. The van der Waals surface area contributed by atoms with Crippen LogP contribution in [0, 0.1) is 12.8 Å². The first kappa shape index (κ1) is 23.1. The SMILES string of the molecule is Cc1ccc(NC(=O)COC(=O)[C@@H](NC(=O)c2ccco2)C(C)C)cc1S(N)(=O)=O. The molecule has 0 aliphatic rings. The van der Waals surface area contributed by atoms with Gasteiger partial charge in [-0.2, -0.15) is 0 Å². The Morgan fingerprint density at radius 1 is 1.20 bits per heavy atom. The topological polar surface area (TPSA) is 158 Å². The van der Waals surface area contributed by atoms with Crippen molar-refractivity contribution in [2.45, 2.75) is 31.7 Å². The summed E-state index contributed by atoms with van der Waals surface area (Å²) in [5.74, 6) is -2.35. The molecule has 0 bridgehead atoms. The van der Waals surface area contributed by atoms with E-state index in [1.165, 1.54) is 36.6 Å². The molecule has 2 amide bonds. The summed E-state index contributed by atoms with van der Waals surface area (Å²) in [7, 11) is -3.95. The third kappa shape index (κ3) is 6.16. The van der Waals surface area contributed by atoms with Gasteiger partial charge in [0.25, 0.3) is 11.8 Å². The van der Waals surface area contributed by atoms with Gasteiger partial charge >= 0.3 is 5.97 Å². The molecule has 0 radical (unpaired) electrons. The van der Waals surface area contributed by atoms with Crippen LogP contribution in [0.25, 0.3) is 0 Å². The molecule has 0 aliphatic heterocycles. The lowest BCUT2D eigenvalue weighted by Crippen LogP contribution is -2.45. The number of aryl methyl sites for hydroxylation is 1. The molecule has 4 N–H and O–H groups in total. The zero-order valence-corrected chi connectivity index (χ0v) is 17.5. The highest BCUT2D eigenvalue weighted by molar-refractivity contribution is 7.89. The molecule has 0 aliphatic carbocycles. The summed E-state index contributed by atoms with van der Waals surface area (Å²) in [6, 6.07) is 6.18. The van der Waals surface area contributed by atoms with Gasteiger partial charge in [0.15, 0.2) is 12.4 Å². The second kappa shape index (κ2) is 9.55. The second-order valence-corrected chi connectivity index (χ2v) is 8.38. The minimum Gasteiger partial charge on any atom is -0.459 e. The first-order valence-corrected chi connectivity index (χ1v) is 10.5. The smallest absolute Gasteiger partial charge is 0.329 e. The average molecular weight is 437 g/mol. The van der Waals surface area contributed by atoms with Crippen LogP contribution in [0.3, 0.4) is 0 Å². The lowest BCUT2D eigenvalue weighted by atomic mass is 10.0. The Morgan fingerprint density at radius 2 is 1.90 bits per heavy atom. The van der Waals surface area contributed by atoms with E-state index in [-0.39, 0.29) is 22.3 Å². The van der Waals surface area contributed by atoms with Crippen LogP contribution < -0.4 is 15.8 Å². The standard InChI is InChI=1S/C19H23N3O7S/c1-11(2)17(22-18(24)14-5-4-8-28-14)19(25)29-10-16(23)21-13-7-6-12(3)15(9-13)30(20,26)27/h4-9,11,17H,10H2,1-3H3,(H,21,23)(H,22,24)(H2,20,26,27)/t17-/m0/s1. The van der Waals surface area contributed by atoms with E-state index in [0.717, 1.165) is 0 Å². The maximum absolute atomic E-state index is 12.3. The fraction of sp³-hybridized carbons (Fsp3) is 0.316. The van der Waals surface area contributed by atoms with E-state index in [0.29, 0.717) is 5.56 Å². The predicted octanol–water partition coefficient (Wildman–Crippen LogP) is 1.17. The van der Waals surface area contributed by atoms with Gasteiger partial charge in [0.05, 0.1) is 11.2 Å². The Bertz CT molecular complexity index is 1030. The number of anilines is 1. The van der Waals surface area contributed by atoms with E-state index < -0.39 is 40.5 Å². The molecular formula is C19H23N3O7S. The Balaban J connectivity index is 1.97. The predicted molar refractivity (Wildman–Crippen MR) is 107 cm³/mol. The van der Waals surface area contributed by atoms with Crippen LogP contribution in [0.1, 0.15) is 30.0 Å². The number of nitrogens with two attached hydrogens (primary N) is 1. The number of benzene rings is 1. The van der Waals surface area contributed by atoms with Crippen LogP contribution in [0.15, 0.2) is 45.9 Å². The quantitative estimate of drug-likeness (QED) is 0.523. The van der Waals surface area contributed by atoms with Gasteiger partial charge in [-0.1, -0.05) is 19.9 Å². The van der Waals surface area contributed by atoms with Crippen LogP contribution in [0.2, 0.25) is 0 Å². The molecule has 11 heteroatoms. The van der Waals surface area contributed by atoms with Crippen molar-refractivity contribution in [3.63, 3.8) is 0 Å². The maximum Gasteiger partial charge on any atom is 0.329 e. The summed E-state index contributed by atoms with van der Waals surface area (Å²) in [4.78, 5) is 36.4. The van der Waals surface area contributed by atoms with Crippen molar-refractivity contribution in [3.05, 3.63) is 47.9 Å². The molecule has 0 fully saturated rings. The first-order chi connectivity index (χ1) is 14.0. The molecule has 0 spiro atoms. The Labute approximate surface area is 173 Å². The largest absolute Gasteiger partial charge is 0.459 e. The van der Waals surface area contributed by atoms with E-state index in [9.17, 15) is 22.8 Å². The van der Waals surface area contributed by atoms with Gasteiger partial charge in [-0.25, -0.2) is 18.4 Å². The molecule has 30 heavy (non-hydrogen) atoms. The molecule has 1 aromatic carbocycles. The van der Waals surface area contributed by atoms with Crippen molar-refractivity contribution >= 4 is 33.5 Å². The lowest BCUT2D eigenvalue weighted by Gasteiger charge is -2.20. The van der Waals surface area contributed by atoms with Crippen molar-refractivity contribution in [1.82, 2.24) is 5.32 Å². The molecule has 162 valence electrons. The van der Waals surface area contributed by atoms with Gasteiger partial charge in [0.1, 0.15) is 6.04 Å². The van der Waals surface area contributed by atoms with Gasteiger partial charge in [-0.3, -0.25) is 9.59 Å². The maximum atomic E-state index is 12.3. The average Bonchev–Trinajstić information content (AvgIpc) is 3.19. The number of ether oxygens (including phenoxy) is 1. The summed E-state index contributed by atoms with van der Waals surface area (Å²) >= 11 is 0. The summed E-state index contributed by atoms with van der Waals surface area (Å²) < 4.78 is 33.1. The van der Waals surface area contributed by atoms with Gasteiger partial charge in [0.2, 0.25) is 10.0 Å².